The van der Waals surface area contributed by atoms with E-state index in [0.717, 1.165) is 24.2 Å². The van der Waals surface area contributed by atoms with Crippen molar-refractivity contribution in [1.29, 1.82) is 0 Å². The number of amides is 1. The Kier molecular flexibility index (Phi) is 6.64. The average molecular weight is 333 g/mol. The summed E-state index contributed by atoms with van der Waals surface area (Å²) in [6.07, 6.45) is 5.82. The first kappa shape index (κ1) is 18.3. The molecule has 0 heterocycles. The van der Waals surface area contributed by atoms with Crippen molar-refractivity contribution in [2.24, 2.45) is 5.92 Å². The molecule has 0 aliphatic heterocycles. The number of carbonyl (C=O) groups is 2. The van der Waals surface area contributed by atoms with Crippen LogP contribution >= 0.6 is 0 Å². The number of carboxylic acids is 1. The molecule has 2 N–H and O–H groups in total. The van der Waals surface area contributed by atoms with Crippen molar-refractivity contribution in [3.05, 3.63) is 29.8 Å². The standard InChI is InChI=1S/C19H27NO4/c1-13(2)18(19(22)23)20-17(21)11-10-14-6-5-9-16(12-14)24-15-7-3-4-8-15/h5-6,9,12-13,15,18H,3-4,7-8,10-11H2,1-2H3,(H,20,21)(H,22,23)/t18-/m1/s1. The molecule has 1 aromatic rings. The molecule has 1 atom stereocenters. The van der Waals surface area contributed by atoms with Crippen LogP contribution in [0.2, 0.25) is 0 Å². The number of hydrogen-bond donors (Lipinski definition) is 2. The Morgan fingerprint density at radius 3 is 2.62 bits per heavy atom. The topological polar surface area (TPSA) is 75.6 Å². The van der Waals surface area contributed by atoms with Crippen molar-refractivity contribution in [1.82, 2.24) is 5.32 Å². The molecular weight excluding hydrogens is 306 g/mol. The van der Waals surface area contributed by atoms with Crippen molar-refractivity contribution >= 4 is 11.9 Å². The Bertz CT molecular complexity index is 564. The minimum Gasteiger partial charge on any atom is -0.490 e. The highest BCUT2D eigenvalue weighted by atomic mass is 16.5. The first-order valence-corrected chi connectivity index (χ1v) is 8.73. The molecule has 1 aliphatic rings. The molecule has 1 fully saturated rings. The zero-order chi connectivity index (χ0) is 17.5. The van der Waals surface area contributed by atoms with Crippen LogP contribution in [0.5, 0.6) is 5.75 Å². The molecule has 0 aromatic heterocycles. The van der Waals surface area contributed by atoms with Gasteiger partial charge in [-0.2, -0.15) is 0 Å². The van der Waals surface area contributed by atoms with Gasteiger partial charge in [-0.1, -0.05) is 26.0 Å². The number of hydrogen-bond acceptors (Lipinski definition) is 3. The molecule has 5 nitrogen and oxygen atoms in total. The lowest BCUT2D eigenvalue weighted by atomic mass is 10.0. The average Bonchev–Trinajstić information content (AvgIpc) is 3.03. The zero-order valence-electron chi connectivity index (χ0n) is 14.5. The highest BCUT2D eigenvalue weighted by Gasteiger charge is 2.23. The number of aryl methyl sites for hydroxylation is 1. The van der Waals surface area contributed by atoms with Crippen molar-refractivity contribution < 1.29 is 19.4 Å². The Hall–Kier alpha value is -2.04. The van der Waals surface area contributed by atoms with Gasteiger partial charge in [-0.25, -0.2) is 4.79 Å². The van der Waals surface area contributed by atoms with E-state index in [1.807, 2.05) is 24.3 Å². The Labute approximate surface area is 143 Å². The lowest BCUT2D eigenvalue weighted by molar-refractivity contribution is -0.143. The van der Waals surface area contributed by atoms with Crippen LogP contribution in [-0.2, 0) is 16.0 Å². The highest BCUT2D eigenvalue weighted by molar-refractivity contribution is 5.83. The van der Waals surface area contributed by atoms with Gasteiger partial charge in [0.05, 0.1) is 6.10 Å². The van der Waals surface area contributed by atoms with Crippen molar-refractivity contribution in [2.45, 2.75) is 64.5 Å². The van der Waals surface area contributed by atoms with Gasteiger partial charge in [0.2, 0.25) is 5.91 Å². The van der Waals surface area contributed by atoms with Crippen LogP contribution in [0.1, 0.15) is 51.5 Å². The smallest absolute Gasteiger partial charge is 0.326 e. The van der Waals surface area contributed by atoms with E-state index >= 15 is 0 Å². The monoisotopic (exact) mass is 333 g/mol. The number of rotatable bonds is 8. The second kappa shape index (κ2) is 8.71. The molecule has 1 aliphatic carbocycles. The largest absolute Gasteiger partial charge is 0.490 e. The van der Waals surface area contributed by atoms with E-state index in [-0.39, 0.29) is 18.2 Å². The van der Waals surface area contributed by atoms with E-state index in [2.05, 4.69) is 5.32 Å². The Balaban J connectivity index is 1.84. The van der Waals surface area contributed by atoms with E-state index < -0.39 is 12.0 Å². The molecule has 0 radical (unpaired) electrons. The second-order valence-corrected chi connectivity index (χ2v) is 6.80. The molecule has 0 unspecified atom stereocenters. The molecule has 0 bridgehead atoms. The van der Waals surface area contributed by atoms with Gasteiger partial charge in [-0.3, -0.25) is 4.79 Å². The third-order valence-corrected chi connectivity index (χ3v) is 4.39. The number of benzene rings is 1. The Morgan fingerprint density at radius 1 is 1.29 bits per heavy atom. The fourth-order valence-corrected chi connectivity index (χ4v) is 2.99. The van der Waals surface area contributed by atoms with Crippen LogP contribution in [0.25, 0.3) is 0 Å². The molecular formula is C19H27NO4. The maximum absolute atomic E-state index is 12.0. The number of aliphatic carboxylic acids is 1. The minimum atomic E-state index is -0.995. The number of nitrogens with one attached hydrogen (secondary N) is 1. The minimum absolute atomic E-state index is 0.144. The van der Waals surface area contributed by atoms with Gasteiger partial charge in [-0.15, -0.1) is 0 Å². The normalized spacial score (nSPS) is 16.1. The molecule has 0 spiro atoms. The van der Waals surface area contributed by atoms with Crippen LogP contribution in [0.3, 0.4) is 0 Å². The first-order chi connectivity index (χ1) is 11.5. The summed E-state index contributed by atoms with van der Waals surface area (Å²) in [5.74, 6) is -0.525. The number of carboxylic acid groups (broad SMARTS) is 1. The molecule has 2 rings (SSSR count). The van der Waals surface area contributed by atoms with E-state index in [0.29, 0.717) is 12.5 Å². The van der Waals surface area contributed by atoms with Crippen LogP contribution in [0.4, 0.5) is 0 Å². The summed E-state index contributed by atoms with van der Waals surface area (Å²) in [5.41, 5.74) is 1.03. The first-order valence-electron chi connectivity index (χ1n) is 8.73. The third-order valence-electron chi connectivity index (χ3n) is 4.39. The second-order valence-electron chi connectivity index (χ2n) is 6.80. The highest BCUT2D eigenvalue weighted by Crippen LogP contribution is 2.24. The molecule has 24 heavy (non-hydrogen) atoms. The number of carbonyl (C=O) groups excluding carboxylic acids is 1. The van der Waals surface area contributed by atoms with E-state index in [1.54, 1.807) is 13.8 Å². The van der Waals surface area contributed by atoms with Gasteiger partial charge in [0, 0.05) is 6.42 Å². The van der Waals surface area contributed by atoms with Crippen molar-refractivity contribution in [2.75, 3.05) is 0 Å². The number of ether oxygens (including phenoxy) is 1. The lowest BCUT2D eigenvalue weighted by Gasteiger charge is -2.18. The summed E-state index contributed by atoms with van der Waals surface area (Å²) in [6, 6.07) is 6.98. The van der Waals surface area contributed by atoms with Crippen LogP contribution in [0, 0.1) is 5.92 Å². The summed E-state index contributed by atoms with van der Waals surface area (Å²) in [6.45, 7) is 3.56. The summed E-state index contributed by atoms with van der Waals surface area (Å²) in [7, 11) is 0. The fourth-order valence-electron chi connectivity index (χ4n) is 2.99. The SMILES string of the molecule is CC(C)[C@@H](NC(=O)CCc1cccc(OC2CCCC2)c1)C(=O)O. The summed E-state index contributed by atoms with van der Waals surface area (Å²) >= 11 is 0. The zero-order valence-corrected chi connectivity index (χ0v) is 14.5. The van der Waals surface area contributed by atoms with E-state index in [4.69, 9.17) is 9.84 Å². The summed E-state index contributed by atoms with van der Waals surface area (Å²) < 4.78 is 5.97. The summed E-state index contributed by atoms with van der Waals surface area (Å²) in [5, 5.41) is 11.7. The third kappa shape index (κ3) is 5.55. The van der Waals surface area contributed by atoms with Gasteiger partial charge in [-0.05, 0) is 55.7 Å². The van der Waals surface area contributed by atoms with Crippen LogP contribution in [-0.4, -0.2) is 29.1 Å². The quantitative estimate of drug-likeness (QED) is 0.766. The Morgan fingerprint density at radius 2 is 2.00 bits per heavy atom. The van der Waals surface area contributed by atoms with Crippen molar-refractivity contribution in [3.63, 3.8) is 0 Å². The lowest BCUT2D eigenvalue weighted by Crippen LogP contribution is -2.44. The predicted molar refractivity (Wildman–Crippen MR) is 92.1 cm³/mol. The van der Waals surface area contributed by atoms with Gasteiger partial charge in [0.15, 0.2) is 0 Å². The van der Waals surface area contributed by atoms with Gasteiger partial charge in [0.25, 0.3) is 0 Å². The predicted octanol–water partition coefficient (Wildman–Crippen LogP) is 3.17. The molecule has 1 saturated carbocycles. The maximum Gasteiger partial charge on any atom is 0.326 e. The molecule has 1 amide bonds. The van der Waals surface area contributed by atoms with Gasteiger partial charge in [0.1, 0.15) is 11.8 Å². The van der Waals surface area contributed by atoms with Gasteiger partial charge >= 0.3 is 5.97 Å². The van der Waals surface area contributed by atoms with Crippen LogP contribution < -0.4 is 10.1 Å². The van der Waals surface area contributed by atoms with Crippen LogP contribution in [0.15, 0.2) is 24.3 Å². The van der Waals surface area contributed by atoms with Gasteiger partial charge < -0.3 is 15.2 Å². The summed E-state index contributed by atoms with van der Waals surface area (Å²) in [4.78, 5) is 23.1. The molecule has 5 heteroatoms. The van der Waals surface area contributed by atoms with E-state index in [9.17, 15) is 9.59 Å². The molecule has 1 aromatic carbocycles. The van der Waals surface area contributed by atoms with E-state index in [1.165, 1.54) is 12.8 Å². The maximum atomic E-state index is 12.0. The van der Waals surface area contributed by atoms with Crippen molar-refractivity contribution in [3.8, 4) is 5.75 Å². The molecule has 0 saturated heterocycles. The molecule has 132 valence electrons. The fraction of sp³-hybridized carbons (Fsp3) is 0.579.